The summed E-state index contributed by atoms with van der Waals surface area (Å²) in [6.07, 6.45) is 6.12. The summed E-state index contributed by atoms with van der Waals surface area (Å²) in [5.41, 5.74) is 0.249. The number of carbonyl (C=O) groups excluding carboxylic acids is 1. The molecule has 2 aromatic rings. The molecule has 1 aliphatic carbocycles. The van der Waals surface area contributed by atoms with E-state index in [1.54, 1.807) is 6.92 Å². The van der Waals surface area contributed by atoms with Crippen molar-refractivity contribution >= 4 is 17.2 Å². The van der Waals surface area contributed by atoms with Crippen LogP contribution in [0.1, 0.15) is 90.4 Å². The molecule has 2 heterocycles. The molecule has 0 radical (unpaired) electrons. The molecule has 1 N–H and O–H groups in total. The van der Waals surface area contributed by atoms with Gasteiger partial charge in [-0.1, -0.05) is 44.7 Å². The van der Waals surface area contributed by atoms with Crippen molar-refractivity contribution in [3.8, 4) is 0 Å². The van der Waals surface area contributed by atoms with Gasteiger partial charge in [0.05, 0.1) is 10.7 Å². The van der Waals surface area contributed by atoms with Crippen LogP contribution in [0.3, 0.4) is 0 Å². The van der Waals surface area contributed by atoms with Crippen molar-refractivity contribution in [1.82, 2.24) is 20.4 Å². The lowest BCUT2D eigenvalue weighted by Gasteiger charge is -2.30. The van der Waals surface area contributed by atoms with Crippen LogP contribution in [0.5, 0.6) is 0 Å². The van der Waals surface area contributed by atoms with Crippen LogP contribution in [-0.2, 0) is 5.54 Å². The molecule has 7 heteroatoms. The Morgan fingerprint density at radius 3 is 2.36 bits per heavy atom. The highest BCUT2D eigenvalue weighted by atomic mass is 32.1. The standard InChI is InChI=1S/C18H26N4O2S/c1-11(2)16-19-12(3)14(25-16)15(23)21-18(9-7-5-6-8-10-18)17-20-13(4)24-22-17/h11H,5-10H2,1-4H3,(H,21,23). The second kappa shape index (κ2) is 7.23. The summed E-state index contributed by atoms with van der Waals surface area (Å²) >= 11 is 1.48. The third-order valence-corrected chi connectivity index (χ3v) is 6.24. The number of carbonyl (C=O) groups is 1. The van der Waals surface area contributed by atoms with Crippen LogP contribution in [0.25, 0.3) is 0 Å². The highest BCUT2D eigenvalue weighted by molar-refractivity contribution is 7.13. The van der Waals surface area contributed by atoms with Crippen LogP contribution in [0.2, 0.25) is 0 Å². The Hall–Kier alpha value is -1.76. The molecule has 0 aromatic carbocycles. The lowest BCUT2D eigenvalue weighted by Crippen LogP contribution is -2.46. The first kappa shape index (κ1) is 18.0. The van der Waals surface area contributed by atoms with Gasteiger partial charge in [0.25, 0.3) is 5.91 Å². The van der Waals surface area contributed by atoms with E-state index in [-0.39, 0.29) is 5.91 Å². The van der Waals surface area contributed by atoms with Gasteiger partial charge < -0.3 is 9.84 Å². The SMILES string of the molecule is Cc1nc(C2(NC(=O)c3sc(C(C)C)nc3C)CCCCCC2)no1. The molecule has 25 heavy (non-hydrogen) atoms. The van der Waals surface area contributed by atoms with E-state index in [4.69, 9.17) is 4.52 Å². The van der Waals surface area contributed by atoms with Gasteiger partial charge in [0.2, 0.25) is 5.89 Å². The molecule has 6 nitrogen and oxygen atoms in total. The van der Waals surface area contributed by atoms with E-state index in [9.17, 15) is 4.79 Å². The highest BCUT2D eigenvalue weighted by Gasteiger charge is 2.39. The molecule has 0 spiro atoms. The summed E-state index contributed by atoms with van der Waals surface area (Å²) in [6.45, 7) is 7.87. The number of nitrogens with one attached hydrogen (secondary N) is 1. The van der Waals surface area contributed by atoms with Crippen molar-refractivity contribution in [3.63, 3.8) is 0 Å². The summed E-state index contributed by atoms with van der Waals surface area (Å²) < 4.78 is 5.21. The number of aromatic nitrogens is 3. The molecular weight excluding hydrogens is 336 g/mol. The highest BCUT2D eigenvalue weighted by Crippen LogP contribution is 2.35. The van der Waals surface area contributed by atoms with Gasteiger partial charge in [0.15, 0.2) is 5.82 Å². The summed E-state index contributed by atoms with van der Waals surface area (Å²) in [5.74, 6) is 1.37. The van der Waals surface area contributed by atoms with Crippen molar-refractivity contribution in [2.75, 3.05) is 0 Å². The number of amides is 1. The zero-order valence-corrected chi connectivity index (χ0v) is 16.2. The molecule has 0 bridgehead atoms. The first-order valence-corrected chi connectivity index (χ1v) is 9.83. The van der Waals surface area contributed by atoms with E-state index in [0.717, 1.165) is 36.4 Å². The monoisotopic (exact) mass is 362 g/mol. The molecule has 1 saturated carbocycles. The second-order valence-electron chi connectivity index (χ2n) is 7.21. The fourth-order valence-electron chi connectivity index (χ4n) is 3.38. The molecular formula is C18H26N4O2S. The van der Waals surface area contributed by atoms with Crippen LogP contribution < -0.4 is 5.32 Å². The van der Waals surface area contributed by atoms with E-state index in [1.165, 1.54) is 24.2 Å². The summed E-state index contributed by atoms with van der Waals surface area (Å²) in [7, 11) is 0. The molecule has 0 unspecified atom stereocenters. The average Bonchev–Trinajstić information content (AvgIpc) is 3.09. The Morgan fingerprint density at radius 1 is 1.16 bits per heavy atom. The quantitative estimate of drug-likeness (QED) is 0.823. The smallest absolute Gasteiger partial charge is 0.264 e. The van der Waals surface area contributed by atoms with Crippen molar-refractivity contribution < 1.29 is 9.32 Å². The molecule has 1 fully saturated rings. The summed E-state index contributed by atoms with van der Waals surface area (Å²) in [6, 6.07) is 0. The average molecular weight is 362 g/mol. The van der Waals surface area contributed by atoms with E-state index in [0.29, 0.717) is 22.5 Å². The molecule has 1 aliphatic rings. The maximum Gasteiger partial charge on any atom is 0.264 e. The lowest BCUT2D eigenvalue weighted by molar-refractivity contribution is 0.0880. The van der Waals surface area contributed by atoms with Crippen LogP contribution in [-0.4, -0.2) is 21.0 Å². The van der Waals surface area contributed by atoms with Gasteiger partial charge in [0, 0.05) is 12.8 Å². The Labute approximate surface area is 152 Å². The fourth-order valence-corrected chi connectivity index (χ4v) is 4.34. The topological polar surface area (TPSA) is 80.9 Å². The van der Waals surface area contributed by atoms with Gasteiger partial charge in [-0.3, -0.25) is 4.79 Å². The van der Waals surface area contributed by atoms with Crippen molar-refractivity contribution in [3.05, 3.63) is 27.3 Å². The normalized spacial score (nSPS) is 17.5. The van der Waals surface area contributed by atoms with Gasteiger partial charge in [-0.25, -0.2) is 4.98 Å². The number of thiazole rings is 1. The number of rotatable bonds is 4. The van der Waals surface area contributed by atoms with Crippen molar-refractivity contribution in [2.24, 2.45) is 0 Å². The minimum atomic E-state index is -0.542. The molecule has 2 aromatic heterocycles. The number of nitrogens with zero attached hydrogens (tertiary/aromatic N) is 3. The largest absolute Gasteiger partial charge is 0.340 e. The van der Waals surface area contributed by atoms with E-state index < -0.39 is 5.54 Å². The fraction of sp³-hybridized carbons (Fsp3) is 0.667. The van der Waals surface area contributed by atoms with Crippen LogP contribution >= 0.6 is 11.3 Å². The third-order valence-electron chi connectivity index (χ3n) is 4.78. The Bertz CT molecular complexity index is 742. The molecule has 0 aliphatic heterocycles. The maximum atomic E-state index is 13.0. The Kier molecular flexibility index (Phi) is 5.22. The van der Waals surface area contributed by atoms with Gasteiger partial charge in [0.1, 0.15) is 10.4 Å². The van der Waals surface area contributed by atoms with Crippen LogP contribution in [0.15, 0.2) is 4.52 Å². The van der Waals surface area contributed by atoms with Gasteiger partial charge >= 0.3 is 0 Å². The minimum absolute atomic E-state index is 0.0775. The van der Waals surface area contributed by atoms with E-state index >= 15 is 0 Å². The first-order chi connectivity index (χ1) is 11.9. The predicted molar refractivity (Wildman–Crippen MR) is 96.8 cm³/mol. The number of aryl methyl sites for hydroxylation is 2. The second-order valence-corrected chi connectivity index (χ2v) is 8.24. The molecule has 136 valence electrons. The van der Waals surface area contributed by atoms with E-state index in [1.807, 2.05) is 6.92 Å². The number of hydrogen-bond donors (Lipinski definition) is 1. The third kappa shape index (κ3) is 3.76. The van der Waals surface area contributed by atoms with Crippen molar-refractivity contribution in [1.29, 1.82) is 0 Å². The van der Waals surface area contributed by atoms with E-state index in [2.05, 4.69) is 34.3 Å². The van der Waals surface area contributed by atoms with Crippen LogP contribution in [0, 0.1) is 13.8 Å². The molecule has 3 rings (SSSR count). The first-order valence-electron chi connectivity index (χ1n) is 9.02. The Morgan fingerprint density at radius 2 is 1.84 bits per heavy atom. The number of hydrogen-bond acceptors (Lipinski definition) is 6. The summed E-state index contributed by atoms with van der Waals surface area (Å²) in [5, 5.41) is 8.39. The van der Waals surface area contributed by atoms with Gasteiger partial charge in [-0.15, -0.1) is 11.3 Å². The maximum absolute atomic E-state index is 13.0. The predicted octanol–water partition coefficient (Wildman–Crippen LogP) is 4.25. The van der Waals surface area contributed by atoms with Crippen molar-refractivity contribution in [2.45, 2.75) is 77.7 Å². The zero-order valence-electron chi connectivity index (χ0n) is 15.4. The minimum Gasteiger partial charge on any atom is -0.340 e. The zero-order chi connectivity index (χ0) is 18.0. The van der Waals surface area contributed by atoms with Gasteiger partial charge in [-0.05, 0) is 19.8 Å². The lowest BCUT2D eigenvalue weighted by atomic mass is 9.89. The van der Waals surface area contributed by atoms with Crippen LogP contribution in [0.4, 0.5) is 0 Å². The van der Waals surface area contributed by atoms with Gasteiger partial charge in [-0.2, -0.15) is 4.98 Å². The Balaban J connectivity index is 1.91. The molecule has 1 amide bonds. The molecule has 0 atom stereocenters. The molecule has 0 saturated heterocycles. The summed E-state index contributed by atoms with van der Waals surface area (Å²) in [4.78, 5) is 22.7.